The Hall–Kier alpha value is -1.64. The molecular weight excluding hydrogens is 280 g/mol. The third kappa shape index (κ3) is 3.92. The highest BCUT2D eigenvalue weighted by molar-refractivity contribution is 7.89. The van der Waals surface area contributed by atoms with Crippen molar-refractivity contribution in [3.05, 3.63) is 29.8 Å². The number of primary sulfonamides is 1. The average Bonchev–Trinajstić information content (AvgIpc) is 2.45. The molecule has 0 atom stereocenters. The first-order valence-electron chi connectivity index (χ1n) is 6.21. The van der Waals surface area contributed by atoms with Crippen molar-refractivity contribution in [1.82, 2.24) is 4.90 Å². The van der Waals surface area contributed by atoms with E-state index >= 15 is 0 Å². The lowest BCUT2D eigenvalue weighted by atomic mass is 10.2. The number of guanidine groups is 1. The van der Waals surface area contributed by atoms with E-state index in [4.69, 9.17) is 15.6 Å². The van der Waals surface area contributed by atoms with E-state index in [1.807, 2.05) is 4.90 Å². The van der Waals surface area contributed by atoms with Crippen LogP contribution in [0.4, 0.5) is 0 Å². The maximum atomic E-state index is 11.3. The summed E-state index contributed by atoms with van der Waals surface area (Å²) in [6.07, 6.45) is 0. The van der Waals surface area contributed by atoms with Crippen LogP contribution in [0.3, 0.4) is 0 Å². The number of ether oxygens (including phenoxy) is 1. The molecule has 1 aromatic rings. The molecule has 1 saturated heterocycles. The van der Waals surface area contributed by atoms with Gasteiger partial charge in [-0.3, -0.25) is 0 Å². The summed E-state index contributed by atoms with van der Waals surface area (Å²) >= 11 is 0. The van der Waals surface area contributed by atoms with E-state index in [-0.39, 0.29) is 4.90 Å². The van der Waals surface area contributed by atoms with Gasteiger partial charge >= 0.3 is 0 Å². The van der Waals surface area contributed by atoms with Crippen molar-refractivity contribution >= 4 is 16.0 Å². The fourth-order valence-corrected chi connectivity index (χ4v) is 2.47. The summed E-state index contributed by atoms with van der Waals surface area (Å²) in [6, 6.07) is 6.37. The van der Waals surface area contributed by atoms with E-state index < -0.39 is 10.0 Å². The number of rotatable bonds is 3. The highest BCUT2D eigenvalue weighted by atomic mass is 32.2. The molecule has 4 N–H and O–H groups in total. The Morgan fingerprint density at radius 1 is 1.35 bits per heavy atom. The topological polar surface area (TPSA) is 111 Å². The van der Waals surface area contributed by atoms with Crippen LogP contribution in [0.5, 0.6) is 0 Å². The molecule has 0 aliphatic carbocycles. The van der Waals surface area contributed by atoms with Crippen molar-refractivity contribution < 1.29 is 13.2 Å². The number of sulfonamides is 1. The van der Waals surface area contributed by atoms with Crippen molar-refractivity contribution in [2.75, 3.05) is 26.3 Å². The summed E-state index contributed by atoms with van der Waals surface area (Å²) in [6.45, 7) is 3.01. The molecule has 8 heteroatoms. The molecule has 1 aliphatic heterocycles. The maximum absolute atomic E-state index is 11.3. The molecule has 110 valence electrons. The van der Waals surface area contributed by atoms with Crippen LogP contribution in [0.1, 0.15) is 5.56 Å². The minimum atomic E-state index is -3.69. The second kappa shape index (κ2) is 6.21. The van der Waals surface area contributed by atoms with E-state index in [2.05, 4.69) is 4.99 Å². The van der Waals surface area contributed by atoms with Crippen LogP contribution in [0.15, 0.2) is 34.2 Å². The van der Waals surface area contributed by atoms with Gasteiger partial charge in [0.05, 0.1) is 24.7 Å². The van der Waals surface area contributed by atoms with Gasteiger partial charge in [-0.1, -0.05) is 12.1 Å². The van der Waals surface area contributed by atoms with Gasteiger partial charge in [-0.05, 0) is 17.7 Å². The first kappa shape index (κ1) is 14.8. The number of hydrogen-bond donors (Lipinski definition) is 2. The molecular formula is C12H18N4O3S. The van der Waals surface area contributed by atoms with Crippen molar-refractivity contribution in [2.45, 2.75) is 11.4 Å². The van der Waals surface area contributed by atoms with Gasteiger partial charge in [0.2, 0.25) is 10.0 Å². The van der Waals surface area contributed by atoms with Crippen LogP contribution >= 0.6 is 0 Å². The van der Waals surface area contributed by atoms with Crippen LogP contribution in [0.2, 0.25) is 0 Å². The first-order chi connectivity index (χ1) is 9.47. The van der Waals surface area contributed by atoms with Gasteiger partial charge in [0, 0.05) is 13.1 Å². The minimum absolute atomic E-state index is 0.0788. The smallest absolute Gasteiger partial charge is 0.238 e. The monoisotopic (exact) mass is 298 g/mol. The number of nitrogens with zero attached hydrogens (tertiary/aromatic N) is 2. The third-order valence-corrected chi connectivity index (χ3v) is 3.90. The molecule has 1 aromatic carbocycles. The molecule has 0 bridgehead atoms. The van der Waals surface area contributed by atoms with E-state index in [1.165, 1.54) is 12.1 Å². The number of hydrogen-bond acceptors (Lipinski definition) is 4. The van der Waals surface area contributed by atoms with Crippen molar-refractivity contribution in [3.63, 3.8) is 0 Å². The van der Waals surface area contributed by atoms with Gasteiger partial charge in [-0.2, -0.15) is 0 Å². The largest absolute Gasteiger partial charge is 0.378 e. The van der Waals surface area contributed by atoms with E-state index in [0.29, 0.717) is 38.8 Å². The quantitative estimate of drug-likeness (QED) is 0.576. The van der Waals surface area contributed by atoms with Gasteiger partial charge in [-0.15, -0.1) is 0 Å². The molecule has 1 heterocycles. The molecule has 7 nitrogen and oxygen atoms in total. The Kier molecular flexibility index (Phi) is 4.58. The van der Waals surface area contributed by atoms with Gasteiger partial charge in [0.25, 0.3) is 0 Å². The van der Waals surface area contributed by atoms with Gasteiger partial charge in [-0.25, -0.2) is 18.5 Å². The lowest BCUT2D eigenvalue weighted by Gasteiger charge is -2.27. The van der Waals surface area contributed by atoms with Crippen LogP contribution in [-0.4, -0.2) is 45.6 Å². The number of aliphatic imine (C=N–C) groups is 1. The zero-order valence-electron chi connectivity index (χ0n) is 11.0. The van der Waals surface area contributed by atoms with Crippen molar-refractivity contribution in [1.29, 1.82) is 0 Å². The molecule has 1 aliphatic rings. The predicted molar refractivity (Wildman–Crippen MR) is 75.5 cm³/mol. The Morgan fingerprint density at radius 3 is 2.70 bits per heavy atom. The summed E-state index contributed by atoms with van der Waals surface area (Å²) in [7, 11) is -3.69. The number of nitrogens with two attached hydrogens (primary N) is 2. The van der Waals surface area contributed by atoms with Gasteiger partial charge in [0.15, 0.2) is 5.96 Å². The molecule has 0 saturated carbocycles. The summed E-state index contributed by atoms with van der Waals surface area (Å²) in [5.41, 5.74) is 6.64. The molecule has 0 amide bonds. The third-order valence-electron chi connectivity index (χ3n) is 2.99. The Balaban J connectivity index is 2.06. The Morgan fingerprint density at radius 2 is 2.05 bits per heavy atom. The zero-order valence-corrected chi connectivity index (χ0v) is 11.8. The summed E-state index contributed by atoms with van der Waals surface area (Å²) in [4.78, 5) is 6.29. The van der Waals surface area contributed by atoms with Crippen LogP contribution in [-0.2, 0) is 21.3 Å². The zero-order chi connectivity index (χ0) is 14.6. The fourth-order valence-electron chi connectivity index (χ4n) is 1.89. The van der Waals surface area contributed by atoms with E-state index in [0.717, 1.165) is 5.56 Å². The maximum Gasteiger partial charge on any atom is 0.238 e. The number of morpholine rings is 1. The standard InChI is InChI=1S/C12H18N4O3S/c13-12(16-4-6-19-7-5-16)15-9-10-2-1-3-11(8-10)20(14,17)18/h1-3,8H,4-7,9H2,(H2,13,15)(H2,14,17,18). The molecule has 1 fully saturated rings. The summed E-state index contributed by atoms with van der Waals surface area (Å²) in [5, 5.41) is 5.09. The van der Waals surface area contributed by atoms with Crippen LogP contribution < -0.4 is 10.9 Å². The highest BCUT2D eigenvalue weighted by Crippen LogP contribution is 2.10. The van der Waals surface area contributed by atoms with Gasteiger partial charge in [0.1, 0.15) is 0 Å². The lowest BCUT2D eigenvalue weighted by molar-refractivity contribution is 0.0674. The number of benzene rings is 1. The van der Waals surface area contributed by atoms with Gasteiger partial charge < -0.3 is 15.4 Å². The minimum Gasteiger partial charge on any atom is -0.378 e. The summed E-state index contributed by atoms with van der Waals surface area (Å²) < 4.78 is 27.8. The molecule has 2 rings (SSSR count). The average molecular weight is 298 g/mol. The van der Waals surface area contributed by atoms with Crippen molar-refractivity contribution in [2.24, 2.45) is 15.9 Å². The highest BCUT2D eigenvalue weighted by Gasteiger charge is 2.12. The SMILES string of the molecule is NC(=NCc1cccc(S(N)(=O)=O)c1)N1CCOCC1. The molecule has 0 aromatic heterocycles. The molecule has 0 radical (unpaired) electrons. The van der Waals surface area contributed by atoms with Crippen LogP contribution in [0, 0.1) is 0 Å². The fraction of sp³-hybridized carbons (Fsp3) is 0.417. The first-order valence-corrected chi connectivity index (χ1v) is 7.76. The predicted octanol–water partition coefficient (Wildman–Crippen LogP) is -0.519. The second-order valence-corrected chi connectivity index (χ2v) is 6.03. The molecule has 0 spiro atoms. The normalized spacial score (nSPS) is 17.2. The van der Waals surface area contributed by atoms with Crippen LogP contribution in [0.25, 0.3) is 0 Å². The van der Waals surface area contributed by atoms with E-state index in [9.17, 15) is 8.42 Å². The molecule has 0 unspecified atom stereocenters. The second-order valence-electron chi connectivity index (χ2n) is 4.47. The van der Waals surface area contributed by atoms with E-state index in [1.54, 1.807) is 12.1 Å². The Labute approximate surface area is 118 Å². The Bertz CT molecular complexity index is 594. The summed E-state index contributed by atoms with van der Waals surface area (Å²) in [5.74, 6) is 0.439. The molecule has 20 heavy (non-hydrogen) atoms. The van der Waals surface area contributed by atoms with Crippen molar-refractivity contribution in [3.8, 4) is 0 Å². The lowest BCUT2D eigenvalue weighted by Crippen LogP contribution is -2.44.